The molecule has 0 radical (unpaired) electrons. The fourth-order valence-corrected chi connectivity index (χ4v) is 3.38. The summed E-state index contributed by atoms with van der Waals surface area (Å²) in [4.78, 5) is 17.8. The number of nitrogens with zero attached hydrogens (tertiary/aromatic N) is 4. The molecule has 0 atom stereocenters. The number of nitrogens with two attached hydrogens (primary N) is 3. The molecule has 2 aromatic heterocycles. The number of allylic oxidation sites excluding steroid dienone is 1. The normalized spacial score (nSPS) is 13.4. The first-order valence-corrected chi connectivity index (χ1v) is 11.5. The van der Waals surface area contributed by atoms with Crippen molar-refractivity contribution in [2.24, 2.45) is 16.5 Å². The molecule has 34 heavy (non-hydrogen) atoms. The van der Waals surface area contributed by atoms with E-state index in [4.69, 9.17) is 11.5 Å². The van der Waals surface area contributed by atoms with Crippen LogP contribution in [0, 0.1) is 6.92 Å². The van der Waals surface area contributed by atoms with Crippen molar-refractivity contribution in [2.75, 3.05) is 33.4 Å². The van der Waals surface area contributed by atoms with Crippen molar-refractivity contribution in [2.45, 2.75) is 51.5 Å². The lowest BCUT2D eigenvalue weighted by Gasteiger charge is -2.03. The van der Waals surface area contributed by atoms with Gasteiger partial charge in [-0.2, -0.15) is 0 Å². The predicted octanol–water partition coefficient (Wildman–Crippen LogP) is 2.39. The molecule has 10 heteroatoms. The van der Waals surface area contributed by atoms with Crippen molar-refractivity contribution >= 4 is 23.9 Å². The molecule has 2 heterocycles. The third-order valence-electron chi connectivity index (χ3n) is 5.34. The zero-order valence-electron chi connectivity index (χ0n) is 21.0. The van der Waals surface area contributed by atoms with Crippen LogP contribution in [0.2, 0.25) is 0 Å². The summed E-state index contributed by atoms with van der Waals surface area (Å²) in [5, 5.41) is 10.6. The van der Waals surface area contributed by atoms with Crippen molar-refractivity contribution < 1.29 is 4.79 Å². The number of aromatic nitrogens is 4. The topological polar surface area (TPSA) is 166 Å². The lowest BCUT2D eigenvalue weighted by Crippen LogP contribution is -2.16. The van der Waals surface area contributed by atoms with Gasteiger partial charge in [-0.1, -0.05) is 11.8 Å². The predicted molar refractivity (Wildman–Crippen MR) is 141 cm³/mol. The molecular weight excluding hydrogens is 430 g/mol. The Bertz CT molecular complexity index is 952. The van der Waals surface area contributed by atoms with Crippen LogP contribution in [0.4, 0.5) is 5.82 Å². The Morgan fingerprint density at radius 1 is 1.38 bits per heavy atom. The van der Waals surface area contributed by atoms with Crippen LogP contribution in [0.3, 0.4) is 0 Å². The number of hydrogen-bond acceptors (Lipinski definition) is 8. The van der Waals surface area contributed by atoms with E-state index < -0.39 is 0 Å². The van der Waals surface area contributed by atoms with Gasteiger partial charge in [-0.05, 0) is 76.8 Å². The Morgan fingerprint density at radius 3 is 2.59 bits per heavy atom. The molecule has 0 bridgehead atoms. The summed E-state index contributed by atoms with van der Waals surface area (Å²) in [6.45, 7) is 7.22. The molecule has 1 aliphatic carbocycles. The van der Waals surface area contributed by atoms with E-state index in [1.165, 1.54) is 31.1 Å². The van der Waals surface area contributed by atoms with Crippen molar-refractivity contribution in [3.05, 3.63) is 47.1 Å². The summed E-state index contributed by atoms with van der Waals surface area (Å²) >= 11 is 0. The van der Waals surface area contributed by atoms with E-state index in [1.54, 1.807) is 24.0 Å². The number of nitrogen functional groups attached to an aromatic ring is 1. The van der Waals surface area contributed by atoms with Crippen LogP contribution in [0.5, 0.6) is 0 Å². The van der Waals surface area contributed by atoms with E-state index >= 15 is 0 Å². The van der Waals surface area contributed by atoms with Crippen LogP contribution in [0.1, 0.15) is 65.3 Å². The third kappa shape index (κ3) is 9.32. The number of carbonyl (C=O) groups excluding carboxylic acids is 1. The van der Waals surface area contributed by atoms with Crippen molar-refractivity contribution in [3.63, 3.8) is 0 Å². The molecule has 10 nitrogen and oxygen atoms in total. The summed E-state index contributed by atoms with van der Waals surface area (Å²) in [5.41, 5.74) is 22.5. The highest BCUT2D eigenvalue weighted by Gasteiger charge is 2.28. The summed E-state index contributed by atoms with van der Waals surface area (Å²) in [6, 6.07) is 0. The van der Waals surface area contributed by atoms with E-state index in [0.717, 1.165) is 49.3 Å². The number of aryl methyl sites for hydroxylation is 1. The number of H-pyrrole nitrogens is 1. The third-order valence-corrected chi connectivity index (χ3v) is 5.34. The van der Waals surface area contributed by atoms with Gasteiger partial charge in [0.05, 0.1) is 6.20 Å². The summed E-state index contributed by atoms with van der Waals surface area (Å²) in [7, 11) is 5.14. The van der Waals surface area contributed by atoms with Crippen LogP contribution >= 0.6 is 0 Å². The molecule has 2 aromatic rings. The fourth-order valence-electron chi connectivity index (χ4n) is 3.38. The molecule has 0 unspecified atom stereocenters. The molecule has 1 fully saturated rings. The molecule has 0 amide bonds. The molecule has 1 saturated carbocycles. The van der Waals surface area contributed by atoms with Crippen molar-refractivity contribution in [3.8, 4) is 0 Å². The smallest absolute Gasteiger partial charge is 0.171 e. The van der Waals surface area contributed by atoms with Gasteiger partial charge in [-0.15, -0.1) is 5.10 Å². The minimum absolute atomic E-state index is 0.360. The van der Waals surface area contributed by atoms with Crippen LogP contribution < -0.4 is 22.5 Å². The van der Waals surface area contributed by atoms with Gasteiger partial charge in [-0.25, -0.2) is 0 Å². The second-order valence-electron chi connectivity index (χ2n) is 7.92. The van der Waals surface area contributed by atoms with Gasteiger partial charge in [0.25, 0.3) is 0 Å². The molecule has 0 saturated heterocycles. The number of aliphatic imine (C=N–C) groups is 1. The molecule has 8 N–H and O–H groups in total. The number of hydrogen-bond donors (Lipinski definition) is 5. The number of carbonyl (C=O) groups is 1. The van der Waals surface area contributed by atoms with Crippen LogP contribution in [0.15, 0.2) is 29.5 Å². The number of nitrogens with one attached hydrogen (secondary N) is 2. The molecule has 188 valence electrons. The maximum absolute atomic E-state index is 10.6. The highest BCUT2D eigenvalue weighted by atomic mass is 16.1. The lowest BCUT2D eigenvalue weighted by molar-refractivity contribution is 0.111. The maximum Gasteiger partial charge on any atom is 0.171 e. The first kappa shape index (κ1) is 28.8. The van der Waals surface area contributed by atoms with E-state index in [0.29, 0.717) is 23.7 Å². The maximum atomic E-state index is 10.6. The Labute approximate surface area is 202 Å². The Hall–Kier alpha value is -3.24. The highest BCUT2D eigenvalue weighted by molar-refractivity contribution is 5.95. The Kier molecular flexibility index (Phi) is 13.2. The first-order chi connectivity index (χ1) is 16.4. The van der Waals surface area contributed by atoms with Gasteiger partial charge in [0.2, 0.25) is 0 Å². The first-order valence-electron chi connectivity index (χ1n) is 11.5. The number of anilines is 1. The largest absolute Gasteiger partial charge is 0.402 e. The quantitative estimate of drug-likeness (QED) is 0.190. The standard InChI is InChI=1S/C17H24N6O.C6H12N2.CH5N/c1-11-15(17(19)20-16(11)12-5-6-12)8-13(18)4-2-3-7-23-9-14(10-24)21-22-23;1-4-6(8-3)5-7-2;1-2/h8-10,12,20H,2-7,18-19H2,1H3;4,7H,1,5H2,2-3H3;2H2,1H3/b13-8-;;. The van der Waals surface area contributed by atoms with Crippen LogP contribution in [0.25, 0.3) is 6.08 Å². The zero-order valence-corrected chi connectivity index (χ0v) is 21.0. The minimum Gasteiger partial charge on any atom is -0.402 e. The highest BCUT2D eigenvalue weighted by Crippen LogP contribution is 2.43. The van der Waals surface area contributed by atoms with Gasteiger partial charge in [0.1, 0.15) is 11.5 Å². The number of rotatable bonds is 11. The lowest BCUT2D eigenvalue weighted by atomic mass is 10.1. The van der Waals surface area contributed by atoms with Crippen molar-refractivity contribution in [1.29, 1.82) is 0 Å². The summed E-state index contributed by atoms with van der Waals surface area (Å²) in [6.07, 6.45) is 11.2. The second-order valence-corrected chi connectivity index (χ2v) is 7.92. The Balaban J connectivity index is 0.000000493. The molecule has 0 spiro atoms. The molecule has 0 aliphatic heterocycles. The van der Waals surface area contributed by atoms with Gasteiger partial charge in [0.15, 0.2) is 6.29 Å². The van der Waals surface area contributed by atoms with Gasteiger partial charge >= 0.3 is 0 Å². The van der Waals surface area contributed by atoms with E-state index in [-0.39, 0.29) is 0 Å². The second kappa shape index (κ2) is 15.6. The minimum atomic E-state index is 0.360. The summed E-state index contributed by atoms with van der Waals surface area (Å²) in [5.74, 6) is 1.36. The summed E-state index contributed by atoms with van der Waals surface area (Å²) < 4.78 is 1.68. The van der Waals surface area contributed by atoms with Crippen LogP contribution in [-0.4, -0.2) is 59.7 Å². The van der Waals surface area contributed by atoms with Gasteiger partial charge < -0.3 is 27.5 Å². The van der Waals surface area contributed by atoms with Gasteiger partial charge in [-0.3, -0.25) is 14.5 Å². The van der Waals surface area contributed by atoms with E-state index in [9.17, 15) is 4.79 Å². The van der Waals surface area contributed by atoms with E-state index in [1.807, 2.05) is 13.1 Å². The monoisotopic (exact) mass is 471 g/mol. The molecule has 1 aliphatic rings. The molecular formula is C24H41N9O. The molecule has 0 aromatic carbocycles. The average Bonchev–Trinajstić information content (AvgIpc) is 3.53. The fraction of sp³-hybridized carbons (Fsp3) is 0.500. The van der Waals surface area contributed by atoms with Crippen LogP contribution in [-0.2, 0) is 6.54 Å². The SMILES string of the molecule is C=CC(CNC)=NC.CN.Cc1c(C2CC2)[nH]c(N)c1/C=C(\N)CCCCn1cc(C=O)nn1. The van der Waals surface area contributed by atoms with Gasteiger partial charge in [0, 0.05) is 42.8 Å². The van der Waals surface area contributed by atoms with E-state index in [2.05, 4.69) is 44.8 Å². The molecule has 3 rings (SSSR count). The average molecular weight is 472 g/mol. The number of aromatic amines is 1. The number of aldehydes is 1. The van der Waals surface area contributed by atoms with Crippen molar-refractivity contribution in [1.82, 2.24) is 25.3 Å². The number of unbranched alkanes of at least 4 members (excludes halogenated alkanes) is 1. The Morgan fingerprint density at radius 2 is 2.09 bits per heavy atom. The zero-order chi connectivity index (χ0) is 25.5.